The van der Waals surface area contributed by atoms with Crippen molar-refractivity contribution < 1.29 is 12.9 Å². The van der Waals surface area contributed by atoms with E-state index in [1.54, 1.807) is 13.8 Å². The Kier molecular flexibility index (Phi) is 3.56. The van der Waals surface area contributed by atoms with Crippen molar-refractivity contribution in [2.24, 2.45) is 0 Å². The number of nitrogens with zero attached hydrogens (tertiary/aromatic N) is 3. The molecule has 1 fully saturated rings. The van der Waals surface area contributed by atoms with Gasteiger partial charge < -0.3 is 9.42 Å². The maximum absolute atomic E-state index is 13.1. The summed E-state index contributed by atoms with van der Waals surface area (Å²) in [5.41, 5.74) is 3.48. The third kappa shape index (κ3) is 2.30. The summed E-state index contributed by atoms with van der Waals surface area (Å²) in [6, 6.07) is 6.11. The van der Waals surface area contributed by atoms with Crippen molar-refractivity contribution in [3.63, 3.8) is 0 Å². The van der Waals surface area contributed by atoms with Gasteiger partial charge in [0.25, 0.3) is 10.0 Å². The number of hydrogen-bond acceptors (Lipinski definition) is 5. The molecule has 0 bridgehead atoms. The fourth-order valence-electron chi connectivity index (χ4n) is 3.73. The van der Waals surface area contributed by atoms with Crippen molar-refractivity contribution in [3.8, 4) is 0 Å². The molecule has 6 nitrogen and oxygen atoms in total. The molecule has 0 spiro atoms. The molecule has 0 amide bonds. The van der Waals surface area contributed by atoms with Crippen molar-refractivity contribution in [2.75, 3.05) is 28.8 Å². The largest absolute Gasteiger partial charge is 0.372 e. The van der Waals surface area contributed by atoms with Crippen LogP contribution in [0.2, 0.25) is 0 Å². The molecule has 0 radical (unpaired) electrons. The lowest BCUT2D eigenvalue weighted by Gasteiger charge is -2.21. The molecule has 7 heteroatoms. The molecule has 1 aromatic carbocycles. The number of benzene rings is 1. The Morgan fingerprint density at radius 2 is 1.88 bits per heavy atom. The lowest BCUT2D eigenvalue weighted by atomic mass is 10.1. The van der Waals surface area contributed by atoms with E-state index in [2.05, 4.69) is 16.1 Å². The fraction of sp³-hybridized carbons (Fsp3) is 0.471. The van der Waals surface area contributed by atoms with Crippen molar-refractivity contribution >= 4 is 21.4 Å². The smallest absolute Gasteiger partial charge is 0.269 e. The molecule has 1 aromatic heterocycles. The minimum atomic E-state index is -3.64. The van der Waals surface area contributed by atoms with E-state index in [-0.39, 0.29) is 4.90 Å². The normalized spacial score (nSPS) is 17.6. The Labute approximate surface area is 142 Å². The van der Waals surface area contributed by atoms with Gasteiger partial charge in [0.1, 0.15) is 5.69 Å². The van der Waals surface area contributed by atoms with Gasteiger partial charge in [0, 0.05) is 25.3 Å². The molecular formula is C17H21N3O3S. The number of aryl methyl sites for hydroxylation is 2. The van der Waals surface area contributed by atoms with Gasteiger partial charge in [0.2, 0.25) is 0 Å². The number of anilines is 2. The Balaban J connectivity index is 1.71. The van der Waals surface area contributed by atoms with Gasteiger partial charge in [-0.15, -0.1) is 0 Å². The molecule has 2 aromatic rings. The summed E-state index contributed by atoms with van der Waals surface area (Å²) in [7, 11) is -3.64. The van der Waals surface area contributed by atoms with Crippen LogP contribution < -0.4 is 9.21 Å². The van der Waals surface area contributed by atoms with Crippen LogP contribution >= 0.6 is 0 Å². The maximum Gasteiger partial charge on any atom is 0.269 e. The second-order valence-electron chi connectivity index (χ2n) is 6.49. The van der Waals surface area contributed by atoms with E-state index in [1.165, 1.54) is 22.8 Å². The highest BCUT2D eigenvalue weighted by Crippen LogP contribution is 2.37. The van der Waals surface area contributed by atoms with Gasteiger partial charge >= 0.3 is 0 Å². The molecule has 0 saturated carbocycles. The molecule has 3 heterocycles. The summed E-state index contributed by atoms with van der Waals surface area (Å²) < 4.78 is 32.7. The third-order valence-corrected chi connectivity index (χ3v) is 6.96. The van der Waals surface area contributed by atoms with Gasteiger partial charge in [-0.2, -0.15) is 0 Å². The predicted molar refractivity (Wildman–Crippen MR) is 92.1 cm³/mol. The SMILES string of the molecule is Cc1noc(C)c1S(=O)(=O)N1CCc2cc(N3CCCC3)ccc21. The molecule has 2 aliphatic heterocycles. The van der Waals surface area contributed by atoms with Gasteiger partial charge in [-0.1, -0.05) is 5.16 Å². The summed E-state index contributed by atoms with van der Waals surface area (Å²) in [5.74, 6) is 0.342. The van der Waals surface area contributed by atoms with Crippen LogP contribution in [0.4, 0.5) is 11.4 Å². The van der Waals surface area contributed by atoms with E-state index in [0.717, 1.165) is 30.8 Å². The lowest BCUT2D eigenvalue weighted by molar-refractivity contribution is 0.390. The van der Waals surface area contributed by atoms with Crippen LogP contribution in [-0.4, -0.2) is 33.2 Å². The van der Waals surface area contributed by atoms with Crippen molar-refractivity contribution in [1.82, 2.24) is 5.16 Å². The van der Waals surface area contributed by atoms with Crippen LogP contribution in [0, 0.1) is 13.8 Å². The molecule has 0 aliphatic carbocycles. The van der Waals surface area contributed by atoms with Crippen LogP contribution in [0.1, 0.15) is 29.9 Å². The number of fused-ring (bicyclic) bond motifs is 1. The highest BCUT2D eigenvalue weighted by molar-refractivity contribution is 7.93. The second-order valence-corrected chi connectivity index (χ2v) is 8.29. The lowest BCUT2D eigenvalue weighted by Crippen LogP contribution is -2.29. The van der Waals surface area contributed by atoms with Gasteiger partial charge in [-0.05, 0) is 56.9 Å². The van der Waals surface area contributed by atoms with Crippen LogP contribution in [0.5, 0.6) is 0 Å². The van der Waals surface area contributed by atoms with Gasteiger partial charge in [-0.3, -0.25) is 4.31 Å². The zero-order chi connectivity index (χ0) is 16.9. The summed E-state index contributed by atoms with van der Waals surface area (Å²) in [5, 5.41) is 3.79. The first kappa shape index (κ1) is 15.5. The average molecular weight is 347 g/mol. The average Bonchev–Trinajstić information content (AvgIpc) is 3.26. The zero-order valence-electron chi connectivity index (χ0n) is 13.9. The van der Waals surface area contributed by atoms with E-state index >= 15 is 0 Å². The Bertz CT molecular complexity index is 863. The first-order valence-electron chi connectivity index (χ1n) is 8.32. The summed E-state index contributed by atoms with van der Waals surface area (Å²) in [6.07, 6.45) is 3.19. The van der Waals surface area contributed by atoms with E-state index in [0.29, 0.717) is 18.0 Å². The Morgan fingerprint density at radius 3 is 2.54 bits per heavy atom. The van der Waals surface area contributed by atoms with Gasteiger partial charge in [0.15, 0.2) is 10.7 Å². The predicted octanol–water partition coefficient (Wildman–Crippen LogP) is 2.64. The number of aromatic nitrogens is 1. The number of rotatable bonds is 3. The van der Waals surface area contributed by atoms with Crippen LogP contribution in [-0.2, 0) is 16.4 Å². The Morgan fingerprint density at radius 1 is 1.12 bits per heavy atom. The second kappa shape index (κ2) is 5.51. The minimum absolute atomic E-state index is 0.193. The third-order valence-electron chi connectivity index (χ3n) is 4.90. The molecule has 0 unspecified atom stereocenters. The zero-order valence-corrected chi connectivity index (χ0v) is 14.8. The van der Waals surface area contributed by atoms with Gasteiger partial charge in [0.05, 0.1) is 5.69 Å². The highest BCUT2D eigenvalue weighted by Gasteiger charge is 2.35. The standard InChI is InChI=1S/C17H21N3O3S/c1-12-17(13(2)23-18-12)24(21,22)20-10-7-14-11-15(5-6-16(14)20)19-8-3-4-9-19/h5-6,11H,3-4,7-10H2,1-2H3. The molecule has 0 N–H and O–H groups in total. The van der Waals surface area contributed by atoms with E-state index in [4.69, 9.17) is 4.52 Å². The molecular weight excluding hydrogens is 326 g/mol. The van der Waals surface area contributed by atoms with Crippen LogP contribution in [0.3, 0.4) is 0 Å². The maximum atomic E-state index is 13.1. The molecule has 2 aliphatic rings. The fourth-order valence-corrected chi connectivity index (χ4v) is 5.53. The molecule has 1 saturated heterocycles. The van der Waals surface area contributed by atoms with E-state index < -0.39 is 10.0 Å². The van der Waals surface area contributed by atoms with Crippen molar-refractivity contribution in [1.29, 1.82) is 0 Å². The Hall–Kier alpha value is -2.02. The van der Waals surface area contributed by atoms with Crippen molar-refractivity contribution in [2.45, 2.75) is 38.0 Å². The minimum Gasteiger partial charge on any atom is -0.372 e. The number of sulfonamides is 1. The molecule has 24 heavy (non-hydrogen) atoms. The summed E-state index contributed by atoms with van der Waals surface area (Å²) >= 11 is 0. The van der Waals surface area contributed by atoms with Crippen LogP contribution in [0.25, 0.3) is 0 Å². The summed E-state index contributed by atoms with van der Waals surface area (Å²) in [4.78, 5) is 2.56. The van der Waals surface area contributed by atoms with Crippen molar-refractivity contribution in [3.05, 3.63) is 35.2 Å². The monoisotopic (exact) mass is 347 g/mol. The molecule has 0 atom stereocenters. The molecule has 4 rings (SSSR count). The van der Waals surface area contributed by atoms with Gasteiger partial charge in [-0.25, -0.2) is 8.42 Å². The first-order chi connectivity index (χ1) is 11.5. The van der Waals surface area contributed by atoms with E-state index in [1.807, 2.05) is 12.1 Å². The quantitative estimate of drug-likeness (QED) is 0.854. The van der Waals surface area contributed by atoms with Crippen LogP contribution in [0.15, 0.2) is 27.6 Å². The van der Waals surface area contributed by atoms with E-state index in [9.17, 15) is 8.42 Å². The topological polar surface area (TPSA) is 66.7 Å². The highest BCUT2D eigenvalue weighted by atomic mass is 32.2. The first-order valence-corrected chi connectivity index (χ1v) is 9.76. The number of hydrogen-bond donors (Lipinski definition) is 0. The molecule has 128 valence electrons. The summed E-state index contributed by atoms with van der Waals surface area (Å²) in [6.45, 7) is 5.93.